The van der Waals surface area contributed by atoms with Gasteiger partial charge < -0.3 is 9.51 Å². The van der Waals surface area contributed by atoms with Gasteiger partial charge in [0.1, 0.15) is 5.65 Å². The van der Waals surface area contributed by atoms with Gasteiger partial charge in [0.2, 0.25) is 0 Å². The number of fused-ring (bicyclic) bond motifs is 1. The van der Waals surface area contributed by atoms with Gasteiger partial charge in [-0.3, -0.25) is 4.90 Å². The van der Waals surface area contributed by atoms with E-state index in [1.54, 1.807) is 0 Å². The van der Waals surface area contributed by atoms with Crippen molar-refractivity contribution in [3.63, 3.8) is 0 Å². The summed E-state index contributed by atoms with van der Waals surface area (Å²) in [5.41, 5.74) is 1.91. The molecule has 1 N–H and O–H groups in total. The van der Waals surface area contributed by atoms with E-state index < -0.39 is 0 Å². The van der Waals surface area contributed by atoms with Crippen LogP contribution < -0.4 is 0 Å². The molecule has 16 heavy (non-hydrogen) atoms. The van der Waals surface area contributed by atoms with Crippen molar-refractivity contribution in [3.8, 4) is 0 Å². The fraction of sp³-hybridized carbons (Fsp3) is 0.364. The number of β-amino-alcohol motifs (C(OH)–C–C–N with tert-alkyl or cyclic N) is 1. The molecule has 0 radical (unpaired) electrons. The SMILES string of the molecule is OC1CN(Cc2cn3cc(Cl)ccc3n2)C1. The monoisotopic (exact) mass is 237 g/mol. The third-order valence-corrected chi connectivity index (χ3v) is 3.01. The zero-order chi connectivity index (χ0) is 11.1. The number of rotatable bonds is 2. The lowest BCUT2D eigenvalue weighted by Crippen LogP contribution is -2.49. The minimum Gasteiger partial charge on any atom is -0.390 e. The Balaban J connectivity index is 1.82. The number of likely N-dealkylation sites (tertiary alicyclic amines) is 1. The molecule has 0 atom stereocenters. The van der Waals surface area contributed by atoms with Crippen molar-refractivity contribution in [2.75, 3.05) is 13.1 Å². The molecule has 2 aromatic heterocycles. The number of hydrogen-bond donors (Lipinski definition) is 1. The zero-order valence-electron chi connectivity index (χ0n) is 8.67. The van der Waals surface area contributed by atoms with Crippen LogP contribution in [0.25, 0.3) is 5.65 Å². The Labute approximate surface area is 98.1 Å². The number of pyridine rings is 1. The van der Waals surface area contributed by atoms with Crippen molar-refractivity contribution in [2.24, 2.45) is 0 Å². The van der Waals surface area contributed by atoms with E-state index in [9.17, 15) is 5.11 Å². The molecule has 0 spiro atoms. The minimum atomic E-state index is -0.161. The standard InChI is InChI=1S/C11H12ClN3O/c12-8-1-2-11-13-9(5-15(11)3-8)4-14-6-10(16)7-14/h1-3,5,10,16H,4,6-7H2. The van der Waals surface area contributed by atoms with E-state index in [0.717, 1.165) is 31.0 Å². The van der Waals surface area contributed by atoms with Gasteiger partial charge in [-0.15, -0.1) is 0 Å². The van der Waals surface area contributed by atoms with E-state index in [-0.39, 0.29) is 6.10 Å². The Bertz CT molecular complexity index is 519. The molecule has 0 saturated carbocycles. The predicted octanol–water partition coefficient (Wildman–Crippen LogP) is 1.16. The summed E-state index contributed by atoms with van der Waals surface area (Å²) in [5, 5.41) is 9.89. The first-order valence-electron chi connectivity index (χ1n) is 5.24. The topological polar surface area (TPSA) is 40.8 Å². The van der Waals surface area contributed by atoms with E-state index >= 15 is 0 Å². The molecule has 0 aromatic carbocycles. The molecule has 2 aromatic rings. The number of aromatic nitrogens is 2. The van der Waals surface area contributed by atoms with Crippen molar-refractivity contribution >= 4 is 17.2 Å². The van der Waals surface area contributed by atoms with Crippen molar-refractivity contribution in [1.82, 2.24) is 14.3 Å². The Hall–Kier alpha value is -1.10. The van der Waals surface area contributed by atoms with Crippen LogP contribution in [0.4, 0.5) is 0 Å². The average Bonchev–Trinajstić information content (AvgIpc) is 2.57. The van der Waals surface area contributed by atoms with Crippen molar-refractivity contribution in [3.05, 3.63) is 35.2 Å². The zero-order valence-corrected chi connectivity index (χ0v) is 9.43. The fourth-order valence-electron chi connectivity index (χ4n) is 1.99. The van der Waals surface area contributed by atoms with Crippen molar-refractivity contribution in [1.29, 1.82) is 0 Å². The van der Waals surface area contributed by atoms with Crippen LogP contribution in [0.15, 0.2) is 24.5 Å². The molecule has 5 heteroatoms. The summed E-state index contributed by atoms with van der Waals surface area (Å²) in [4.78, 5) is 6.64. The maximum absolute atomic E-state index is 9.19. The summed E-state index contributed by atoms with van der Waals surface area (Å²) in [6.07, 6.45) is 3.66. The van der Waals surface area contributed by atoms with Crippen LogP contribution in [0.3, 0.4) is 0 Å². The maximum atomic E-state index is 9.19. The summed E-state index contributed by atoms with van der Waals surface area (Å²) in [7, 11) is 0. The maximum Gasteiger partial charge on any atom is 0.137 e. The average molecular weight is 238 g/mol. The number of imidazole rings is 1. The highest BCUT2D eigenvalue weighted by Gasteiger charge is 2.24. The molecule has 84 valence electrons. The number of aliphatic hydroxyl groups is 1. The molecule has 1 aliphatic rings. The van der Waals surface area contributed by atoms with Crippen LogP contribution in [0.1, 0.15) is 5.69 Å². The lowest BCUT2D eigenvalue weighted by molar-refractivity contribution is -0.00345. The largest absolute Gasteiger partial charge is 0.390 e. The van der Waals surface area contributed by atoms with E-state index in [1.807, 2.05) is 28.9 Å². The Kier molecular flexibility index (Phi) is 2.35. The molecular formula is C11H12ClN3O. The van der Waals surface area contributed by atoms with Crippen LogP contribution in [0.2, 0.25) is 5.02 Å². The third kappa shape index (κ3) is 1.80. The molecule has 1 aliphatic heterocycles. The van der Waals surface area contributed by atoms with Gasteiger partial charge in [-0.25, -0.2) is 4.98 Å². The van der Waals surface area contributed by atoms with E-state index in [0.29, 0.717) is 5.02 Å². The molecule has 1 saturated heterocycles. The fourth-order valence-corrected chi connectivity index (χ4v) is 2.16. The van der Waals surface area contributed by atoms with Crippen LogP contribution in [0, 0.1) is 0 Å². The Morgan fingerprint density at radius 2 is 2.19 bits per heavy atom. The molecule has 0 bridgehead atoms. The lowest BCUT2D eigenvalue weighted by Gasteiger charge is -2.35. The van der Waals surface area contributed by atoms with Crippen molar-refractivity contribution in [2.45, 2.75) is 12.6 Å². The van der Waals surface area contributed by atoms with Crippen LogP contribution in [0.5, 0.6) is 0 Å². The minimum absolute atomic E-state index is 0.161. The molecule has 1 fully saturated rings. The Morgan fingerprint density at radius 3 is 2.94 bits per heavy atom. The quantitative estimate of drug-likeness (QED) is 0.852. The second kappa shape index (κ2) is 3.73. The highest BCUT2D eigenvalue weighted by molar-refractivity contribution is 6.30. The van der Waals surface area contributed by atoms with Crippen molar-refractivity contribution < 1.29 is 5.11 Å². The summed E-state index contributed by atoms with van der Waals surface area (Å²) < 4.78 is 1.92. The summed E-state index contributed by atoms with van der Waals surface area (Å²) >= 11 is 5.90. The predicted molar refractivity (Wildman–Crippen MR) is 61.5 cm³/mol. The first-order valence-corrected chi connectivity index (χ1v) is 5.62. The Morgan fingerprint density at radius 1 is 1.38 bits per heavy atom. The van der Waals surface area contributed by atoms with E-state index in [2.05, 4.69) is 9.88 Å². The first kappa shape index (κ1) is 10.1. The second-order valence-electron chi connectivity index (χ2n) is 4.19. The van der Waals surface area contributed by atoms with Gasteiger partial charge in [-0.1, -0.05) is 11.6 Å². The van der Waals surface area contributed by atoms with Crippen LogP contribution in [-0.2, 0) is 6.54 Å². The van der Waals surface area contributed by atoms with Crippen LogP contribution >= 0.6 is 11.6 Å². The van der Waals surface area contributed by atoms with Crippen LogP contribution in [-0.4, -0.2) is 38.6 Å². The highest BCUT2D eigenvalue weighted by Crippen LogP contribution is 2.15. The van der Waals surface area contributed by atoms with E-state index in [4.69, 9.17) is 11.6 Å². The number of aliphatic hydroxyl groups excluding tert-OH is 1. The molecule has 0 amide bonds. The number of hydrogen-bond acceptors (Lipinski definition) is 3. The molecule has 0 unspecified atom stereocenters. The van der Waals surface area contributed by atoms with Gasteiger partial charge in [0.05, 0.1) is 16.8 Å². The molecular weight excluding hydrogens is 226 g/mol. The third-order valence-electron chi connectivity index (χ3n) is 2.79. The van der Waals surface area contributed by atoms with Gasteiger partial charge in [-0.05, 0) is 12.1 Å². The molecule has 3 rings (SSSR count). The molecule has 0 aliphatic carbocycles. The molecule has 3 heterocycles. The molecule has 4 nitrogen and oxygen atoms in total. The smallest absolute Gasteiger partial charge is 0.137 e. The number of halogens is 1. The van der Waals surface area contributed by atoms with Gasteiger partial charge in [0, 0.05) is 32.0 Å². The highest BCUT2D eigenvalue weighted by atomic mass is 35.5. The summed E-state index contributed by atoms with van der Waals surface area (Å²) in [5.74, 6) is 0. The van der Waals surface area contributed by atoms with Gasteiger partial charge >= 0.3 is 0 Å². The summed E-state index contributed by atoms with van der Waals surface area (Å²) in [6.45, 7) is 2.28. The second-order valence-corrected chi connectivity index (χ2v) is 4.63. The van der Waals surface area contributed by atoms with Gasteiger partial charge in [-0.2, -0.15) is 0 Å². The number of nitrogens with zero attached hydrogens (tertiary/aromatic N) is 3. The van der Waals surface area contributed by atoms with E-state index in [1.165, 1.54) is 0 Å². The summed E-state index contributed by atoms with van der Waals surface area (Å²) in [6, 6.07) is 3.73. The van der Waals surface area contributed by atoms with Gasteiger partial charge in [0.15, 0.2) is 0 Å². The van der Waals surface area contributed by atoms with Gasteiger partial charge in [0.25, 0.3) is 0 Å². The normalized spacial score (nSPS) is 17.9. The first-order chi connectivity index (χ1) is 7.70. The lowest BCUT2D eigenvalue weighted by atomic mass is 10.1.